The fraction of sp³-hybridized carbons (Fsp3) is 1.00. The summed E-state index contributed by atoms with van der Waals surface area (Å²) in [6, 6.07) is 0.424. The number of aliphatic hydroxyl groups is 1. The molecule has 0 saturated carbocycles. The molecule has 2 saturated heterocycles. The molecule has 0 spiro atoms. The molecule has 4 heteroatoms. The van der Waals surface area contributed by atoms with E-state index in [2.05, 4.69) is 17.1 Å². The zero-order valence-corrected chi connectivity index (χ0v) is 10.2. The maximum Gasteiger partial charge on any atom is 0.0791 e. The number of likely N-dealkylation sites (tertiary alicyclic amines) is 1. The van der Waals surface area contributed by atoms with Crippen molar-refractivity contribution in [3.8, 4) is 0 Å². The summed E-state index contributed by atoms with van der Waals surface area (Å²) in [4.78, 5) is 2.35. The SMILES string of the molecule is CC1OCCC1NCC(O)CN1CCCC1. The van der Waals surface area contributed by atoms with Crippen molar-refractivity contribution in [1.82, 2.24) is 10.2 Å². The van der Waals surface area contributed by atoms with Gasteiger partial charge < -0.3 is 20.1 Å². The molecule has 0 aromatic rings. The van der Waals surface area contributed by atoms with Crippen LogP contribution in [0.4, 0.5) is 0 Å². The summed E-state index contributed by atoms with van der Waals surface area (Å²) in [6.07, 6.45) is 3.68. The maximum atomic E-state index is 9.91. The molecule has 2 fully saturated rings. The monoisotopic (exact) mass is 228 g/mol. The minimum atomic E-state index is -0.245. The van der Waals surface area contributed by atoms with E-state index in [1.54, 1.807) is 0 Å². The van der Waals surface area contributed by atoms with Crippen LogP contribution in [0, 0.1) is 0 Å². The fourth-order valence-corrected chi connectivity index (χ4v) is 2.61. The second-order valence-electron chi connectivity index (χ2n) is 5.04. The molecule has 0 aliphatic carbocycles. The molecule has 2 rings (SSSR count). The van der Waals surface area contributed by atoms with Crippen LogP contribution >= 0.6 is 0 Å². The van der Waals surface area contributed by atoms with Crippen LogP contribution in [0.1, 0.15) is 26.2 Å². The number of nitrogens with one attached hydrogen (secondary N) is 1. The first-order valence-corrected chi connectivity index (χ1v) is 6.51. The third kappa shape index (κ3) is 3.42. The standard InChI is InChI=1S/C12H24N2O2/c1-10-12(4-7-16-10)13-8-11(15)9-14-5-2-3-6-14/h10-13,15H,2-9H2,1H3. The average Bonchev–Trinajstić information content (AvgIpc) is 2.87. The van der Waals surface area contributed by atoms with E-state index in [-0.39, 0.29) is 6.10 Å². The molecule has 94 valence electrons. The van der Waals surface area contributed by atoms with Crippen LogP contribution in [-0.4, -0.2) is 61.0 Å². The van der Waals surface area contributed by atoms with Crippen molar-refractivity contribution >= 4 is 0 Å². The largest absolute Gasteiger partial charge is 0.390 e. The van der Waals surface area contributed by atoms with Crippen LogP contribution in [0.25, 0.3) is 0 Å². The first-order valence-electron chi connectivity index (χ1n) is 6.51. The van der Waals surface area contributed by atoms with E-state index in [9.17, 15) is 5.11 Å². The Morgan fingerprint density at radius 2 is 2.19 bits per heavy atom. The fourth-order valence-electron chi connectivity index (χ4n) is 2.61. The normalized spacial score (nSPS) is 33.4. The van der Waals surface area contributed by atoms with Gasteiger partial charge in [-0.15, -0.1) is 0 Å². The van der Waals surface area contributed by atoms with Gasteiger partial charge in [0, 0.05) is 25.7 Å². The minimum Gasteiger partial charge on any atom is -0.390 e. The Labute approximate surface area is 98.0 Å². The highest BCUT2D eigenvalue weighted by molar-refractivity contribution is 4.81. The summed E-state index contributed by atoms with van der Waals surface area (Å²) in [6.45, 7) is 6.75. The van der Waals surface area contributed by atoms with Gasteiger partial charge in [-0.25, -0.2) is 0 Å². The van der Waals surface area contributed by atoms with Gasteiger partial charge in [0.15, 0.2) is 0 Å². The van der Waals surface area contributed by atoms with Gasteiger partial charge in [-0.1, -0.05) is 0 Å². The topological polar surface area (TPSA) is 44.7 Å². The molecular formula is C12H24N2O2. The van der Waals surface area contributed by atoms with Crippen molar-refractivity contribution in [2.24, 2.45) is 0 Å². The van der Waals surface area contributed by atoms with Crippen molar-refractivity contribution in [3.05, 3.63) is 0 Å². The number of hydrogen-bond donors (Lipinski definition) is 2. The molecule has 3 atom stereocenters. The molecule has 3 unspecified atom stereocenters. The van der Waals surface area contributed by atoms with Crippen LogP contribution < -0.4 is 5.32 Å². The Balaban J connectivity index is 1.61. The Bertz CT molecular complexity index is 207. The smallest absolute Gasteiger partial charge is 0.0791 e. The quantitative estimate of drug-likeness (QED) is 0.706. The molecule has 0 aromatic carbocycles. The third-order valence-corrected chi connectivity index (χ3v) is 3.66. The Kier molecular flexibility index (Phi) is 4.58. The van der Waals surface area contributed by atoms with Crippen LogP contribution in [0.3, 0.4) is 0 Å². The van der Waals surface area contributed by atoms with E-state index in [4.69, 9.17) is 4.74 Å². The molecule has 2 N–H and O–H groups in total. The van der Waals surface area contributed by atoms with Gasteiger partial charge in [-0.05, 0) is 39.3 Å². The number of nitrogens with zero attached hydrogens (tertiary/aromatic N) is 1. The van der Waals surface area contributed by atoms with E-state index in [0.717, 1.165) is 32.7 Å². The van der Waals surface area contributed by atoms with Crippen molar-refractivity contribution in [1.29, 1.82) is 0 Å². The zero-order chi connectivity index (χ0) is 11.4. The lowest BCUT2D eigenvalue weighted by atomic mass is 10.1. The van der Waals surface area contributed by atoms with Gasteiger partial charge in [0.2, 0.25) is 0 Å². The summed E-state index contributed by atoms with van der Waals surface area (Å²) < 4.78 is 5.48. The van der Waals surface area contributed by atoms with E-state index < -0.39 is 0 Å². The van der Waals surface area contributed by atoms with Crippen LogP contribution in [0.2, 0.25) is 0 Å². The average molecular weight is 228 g/mol. The Hall–Kier alpha value is -0.160. The van der Waals surface area contributed by atoms with Crippen LogP contribution in [-0.2, 0) is 4.74 Å². The molecule has 0 aromatic heterocycles. The van der Waals surface area contributed by atoms with Gasteiger partial charge in [0.05, 0.1) is 12.2 Å². The molecule has 2 heterocycles. The van der Waals surface area contributed by atoms with Crippen molar-refractivity contribution < 1.29 is 9.84 Å². The highest BCUT2D eigenvalue weighted by Gasteiger charge is 2.24. The number of aliphatic hydroxyl groups excluding tert-OH is 1. The predicted molar refractivity (Wildman–Crippen MR) is 63.5 cm³/mol. The van der Waals surface area contributed by atoms with E-state index in [0.29, 0.717) is 18.7 Å². The lowest BCUT2D eigenvalue weighted by Gasteiger charge is -2.22. The second kappa shape index (κ2) is 5.96. The first-order chi connectivity index (χ1) is 7.75. The Morgan fingerprint density at radius 1 is 1.44 bits per heavy atom. The molecule has 0 radical (unpaired) electrons. The van der Waals surface area contributed by atoms with E-state index in [1.165, 1.54) is 12.8 Å². The minimum absolute atomic E-state index is 0.245. The van der Waals surface area contributed by atoms with Crippen molar-refractivity contribution in [2.45, 2.75) is 44.4 Å². The molecule has 0 amide bonds. The summed E-state index contributed by atoms with van der Waals surface area (Å²) in [5.41, 5.74) is 0. The highest BCUT2D eigenvalue weighted by Crippen LogP contribution is 2.12. The van der Waals surface area contributed by atoms with Gasteiger partial charge >= 0.3 is 0 Å². The van der Waals surface area contributed by atoms with Crippen molar-refractivity contribution in [3.63, 3.8) is 0 Å². The highest BCUT2D eigenvalue weighted by atomic mass is 16.5. The van der Waals surface area contributed by atoms with E-state index >= 15 is 0 Å². The number of β-amino-alcohol motifs (C(OH)–C–C–N with tert-alkyl or cyclic N) is 1. The van der Waals surface area contributed by atoms with E-state index in [1.807, 2.05) is 0 Å². The third-order valence-electron chi connectivity index (χ3n) is 3.66. The van der Waals surface area contributed by atoms with Gasteiger partial charge in [-0.3, -0.25) is 0 Å². The molecule has 16 heavy (non-hydrogen) atoms. The summed E-state index contributed by atoms with van der Waals surface area (Å²) in [7, 11) is 0. The number of rotatable bonds is 5. The lowest BCUT2D eigenvalue weighted by molar-refractivity contribution is 0.0979. The maximum absolute atomic E-state index is 9.91. The molecule has 4 nitrogen and oxygen atoms in total. The molecular weight excluding hydrogens is 204 g/mol. The van der Waals surface area contributed by atoms with Crippen molar-refractivity contribution in [2.75, 3.05) is 32.8 Å². The number of ether oxygens (including phenoxy) is 1. The molecule has 0 bridgehead atoms. The predicted octanol–water partition coefficient (Wildman–Crippen LogP) is 0.210. The Morgan fingerprint density at radius 3 is 2.81 bits per heavy atom. The van der Waals surface area contributed by atoms with Gasteiger partial charge in [0.1, 0.15) is 0 Å². The summed E-state index contributed by atoms with van der Waals surface area (Å²) >= 11 is 0. The first kappa shape index (κ1) is 12.3. The van der Waals surface area contributed by atoms with Gasteiger partial charge in [0.25, 0.3) is 0 Å². The summed E-state index contributed by atoms with van der Waals surface area (Å²) in [5.74, 6) is 0. The van der Waals surface area contributed by atoms with Crippen LogP contribution in [0.5, 0.6) is 0 Å². The molecule has 2 aliphatic rings. The van der Waals surface area contributed by atoms with Gasteiger partial charge in [-0.2, -0.15) is 0 Å². The second-order valence-corrected chi connectivity index (χ2v) is 5.04. The zero-order valence-electron chi connectivity index (χ0n) is 10.2. The lowest BCUT2D eigenvalue weighted by Crippen LogP contribution is -2.43. The molecule has 2 aliphatic heterocycles. The van der Waals surface area contributed by atoms with Crippen LogP contribution in [0.15, 0.2) is 0 Å². The number of hydrogen-bond acceptors (Lipinski definition) is 4. The summed E-state index contributed by atoms with van der Waals surface area (Å²) in [5, 5.41) is 13.3.